The Hall–Kier alpha value is -1.07. The lowest BCUT2D eigenvalue weighted by Gasteiger charge is -2.35. The molecule has 0 aliphatic carbocycles. The highest BCUT2D eigenvalue weighted by atomic mass is 32.2. The summed E-state index contributed by atoms with van der Waals surface area (Å²) in [6.45, 7) is 4.67. The molecule has 0 saturated carbocycles. The van der Waals surface area contributed by atoms with Crippen LogP contribution < -0.4 is 5.73 Å². The van der Waals surface area contributed by atoms with Gasteiger partial charge in [-0.05, 0) is 49.9 Å². The molecular formula is C13H20N2O2S. The summed E-state index contributed by atoms with van der Waals surface area (Å²) in [6.07, 6.45) is 2.02. The summed E-state index contributed by atoms with van der Waals surface area (Å²) >= 11 is 0. The Labute approximate surface area is 109 Å². The number of benzene rings is 1. The lowest BCUT2D eigenvalue weighted by atomic mass is 9.97. The SMILES string of the molecule is CC1CCC(C)N(S(=O)(=O)c2ccc(N)cc2)C1. The summed E-state index contributed by atoms with van der Waals surface area (Å²) < 4.78 is 26.7. The fraction of sp³-hybridized carbons (Fsp3) is 0.538. The lowest BCUT2D eigenvalue weighted by Crippen LogP contribution is -2.44. The van der Waals surface area contributed by atoms with Crippen molar-refractivity contribution in [2.24, 2.45) is 5.92 Å². The Balaban J connectivity index is 2.32. The lowest BCUT2D eigenvalue weighted by molar-refractivity contribution is 0.218. The molecule has 2 N–H and O–H groups in total. The van der Waals surface area contributed by atoms with Crippen molar-refractivity contribution in [3.8, 4) is 0 Å². The maximum absolute atomic E-state index is 12.5. The number of hydrogen-bond donors (Lipinski definition) is 1. The predicted octanol–water partition coefficient (Wildman–Crippen LogP) is 2.08. The van der Waals surface area contributed by atoms with Gasteiger partial charge in [0.1, 0.15) is 0 Å². The van der Waals surface area contributed by atoms with Crippen molar-refractivity contribution in [3.63, 3.8) is 0 Å². The molecule has 0 bridgehead atoms. The zero-order valence-corrected chi connectivity index (χ0v) is 11.7. The molecule has 18 heavy (non-hydrogen) atoms. The van der Waals surface area contributed by atoms with E-state index in [1.54, 1.807) is 28.6 Å². The molecule has 4 nitrogen and oxygen atoms in total. The second kappa shape index (κ2) is 4.90. The summed E-state index contributed by atoms with van der Waals surface area (Å²) in [4.78, 5) is 0.331. The molecule has 1 aromatic rings. The van der Waals surface area contributed by atoms with Crippen LogP contribution in [0.15, 0.2) is 29.2 Å². The number of hydrogen-bond acceptors (Lipinski definition) is 3. The zero-order valence-electron chi connectivity index (χ0n) is 10.8. The number of anilines is 1. The standard InChI is InChI=1S/C13H20N2O2S/c1-10-3-4-11(2)15(9-10)18(16,17)13-7-5-12(14)6-8-13/h5-8,10-11H,3-4,9,14H2,1-2H3. The molecule has 1 heterocycles. The molecule has 0 amide bonds. The second-order valence-corrected chi connectivity index (χ2v) is 7.07. The predicted molar refractivity (Wildman–Crippen MR) is 72.6 cm³/mol. The molecule has 0 spiro atoms. The zero-order chi connectivity index (χ0) is 13.3. The van der Waals surface area contributed by atoms with Gasteiger partial charge in [0.25, 0.3) is 0 Å². The summed E-state index contributed by atoms with van der Waals surface area (Å²) in [6, 6.07) is 6.49. The van der Waals surface area contributed by atoms with E-state index in [4.69, 9.17) is 5.73 Å². The third-order valence-corrected chi connectivity index (χ3v) is 5.54. The van der Waals surface area contributed by atoms with Gasteiger partial charge < -0.3 is 5.73 Å². The van der Waals surface area contributed by atoms with Gasteiger partial charge >= 0.3 is 0 Å². The maximum Gasteiger partial charge on any atom is 0.243 e. The molecule has 2 atom stereocenters. The molecular weight excluding hydrogens is 248 g/mol. The van der Waals surface area contributed by atoms with Crippen LogP contribution in [0.2, 0.25) is 0 Å². The first-order valence-corrected chi connectivity index (χ1v) is 7.72. The monoisotopic (exact) mass is 268 g/mol. The van der Waals surface area contributed by atoms with Crippen LogP contribution in [0.3, 0.4) is 0 Å². The highest BCUT2D eigenvalue weighted by Crippen LogP contribution is 2.28. The summed E-state index contributed by atoms with van der Waals surface area (Å²) in [7, 11) is -3.38. The van der Waals surface area contributed by atoms with E-state index in [1.807, 2.05) is 6.92 Å². The molecule has 0 aromatic heterocycles. The van der Waals surface area contributed by atoms with E-state index in [9.17, 15) is 8.42 Å². The molecule has 0 radical (unpaired) electrons. The first-order chi connectivity index (χ1) is 8.41. The minimum absolute atomic E-state index is 0.0729. The van der Waals surface area contributed by atoms with Gasteiger partial charge in [-0.25, -0.2) is 8.42 Å². The van der Waals surface area contributed by atoms with Gasteiger partial charge in [-0.1, -0.05) is 6.92 Å². The van der Waals surface area contributed by atoms with Crippen molar-refractivity contribution < 1.29 is 8.42 Å². The van der Waals surface area contributed by atoms with Crippen LogP contribution in [-0.4, -0.2) is 25.3 Å². The van der Waals surface area contributed by atoms with E-state index in [-0.39, 0.29) is 6.04 Å². The van der Waals surface area contributed by atoms with Crippen molar-refractivity contribution in [2.45, 2.75) is 37.6 Å². The van der Waals surface area contributed by atoms with Gasteiger partial charge in [-0.15, -0.1) is 0 Å². The fourth-order valence-corrected chi connectivity index (χ4v) is 4.14. The van der Waals surface area contributed by atoms with Crippen molar-refractivity contribution in [2.75, 3.05) is 12.3 Å². The third kappa shape index (κ3) is 2.52. The number of nitrogen functional groups attached to an aromatic ring is 1. The molecule has 1 aromatic carbocycles. The van der Waals surface area contributed by atoms with Gasteiger partial charge in [0.2, 0.25) is 10.0 Å². The maximum atomic E-state index is 12.5. The number of piperidine rings is 1. The highest BCUT2D eigenvalue weighted by molar-refractivity contribution is 7.89. The number of nitrogens with two attached hydrogens (primary N) is 1. The molecule has 1 fully saturated rings. The van der Waals surface area contributed by atoms with Crippen LogP contribution in [0, 0.1) is 5.92 Å². The van der Waals surface area contributed by atoms with Crippen LogP contribution in [0.5, 0.6) is 0 Å². The summed E-state index contributed by atoms with van der Waals surface area (Å²) in [5, 5.41) is 0. The van der Waals surface area contributed by atoms with Gasteiger partial charge in [0, 0.05) is 18.3 Å². The minimum atomic E-state index is -3.38. The quantitative estimate of drug-likeness (QED) is 0.835. The third-order valence-electron chi connectivity index (χ3n) is 3.55. The van der Waals surface area contributed by atoms with Crippen LogP contribution in [0.1, 0.15) is 26.7 Å². The second-order valence-electron chi connectivity index (χ2n) is 5.18. The molecule has 1 aliphatic rings. The van der Waals surface area contributed by atoms with E-state index in [2.05, 4.69) is 6.92 Å². The smallest absolute Gasteiger partial charge is 0.243 e. The van der Waals surface area contributed by atoms with Gasteiger partial charge in [0.15, 0.2) is 0 Å². The van der Waals surface area contributed by atoms with Crippen molar-refractivity contribution in [1.29, 1.82) is 0 Å². The van der Waals surface area contributed by atoms with Crippen LogP contribution in [0.4, 0.5) is 5.69 Å². The summed E-state index contributed by atoms with van der Waals surface area (Å²) in [5.74, 6) is 0.421. The van der Waals surface area contributed by atoms with Crippen LogP contribution >= 0.6 is 0 Å². The van der Waals surface area contributed by atoms with Crippen LogP contribution in [0.25, 0.3) is 0 Å². The molecule has 2 rings (SSSR count). The molecule has 1 saturated heterocycles. The number of sulfonamides is 1. The van der Waals surface area contributed by atoms with Gasteiger partial charge in [0.05, 0.1) is 4.90 Å². The van der Waals surface area contributed by atoms with E-state index in [1.165, 1.54) is 0 Å². The highest BCUT2D eigenvalue weighted by Gasteiger charge is 2.33. The normalized spacial score (nSPS) is 26.1. The molecule has 2 unspecified atom stereocenters. The van der Waals surface area contributed by atoms with E-state index >= 15 is 0 Å². The van der Waals surface area contributed by atoms with E-state index in [0.29, 0.717) is 23.0 Å². The van der Waals surface area contributed by atoms with Crippen molar-refractivity contribution >= 4 is 15.7 Å². The Morgan fingerprint density at radius 1 is 1.17 bits per heavy atom. The van der Waals surface area contributed by atoms with E-state index < -0.39 is 10.0 Å². The van der Waals surface area contributed by atoms with Crippen molar-refractivity contribution in [1.82, 2.24) is 4.31 Å². The average Bonchev–Trinajstić information content (AvgIpc) is 2.32. The Morgan fingerprint density at radius 2 is 1.78 bits per heavy atom. The number of rotatable bonds is 2. The Morgan fingerprint density at radius 3 is 2.39 bits per heavy atom. The topological polar surface area (TPSA) is 63.4 Å². The Bertz CT molecular complexity index is 510. The van der Waals surface area contributed by atoms with Crippen LogP contribution in [-0.2, 0) is 10.0 Å². The van der Waals surface area contributed by atoms with Gasteiger partial charge in [-0.3, -0.25) is 0 Å². The Kier molecular flexibility index (Phi) is 3.64. The molecule has 100 valence electrons. The average molecular weight is 268 g/mol. The molecule has 5 heteroatoms. The minimum Gasteiger partial charge on any atom is -0.399 e. The fourth-order valence-electron chi connectivity index (χ4n) is 2.36. The summed E-state index contributed by atoms with van der Waals surface area (Å²) in [5.41, 5.74) is 6.17. The van der Waals surface area contributed by atoms with Crippen molar-refractivity contribution in [3.05, 3.63) is 24.3 Å². The largest absolute Gasteiger partial charge is 0.399 e. The van der Waals surface area contributed by atoms with E-state index in [0.717, 1.165) is 12.8 Å². The molecule has 1 aliphatic heterocycles. The number of nitrogens with zero attached hydrogens (tertiary/aromatic N) is 1. The van der Waals surface area contributed by atoms with Gasteiger partial charge in [-0.2, -0.15) is 4.31 Å². The first-order valence-electron chi connectivity index (χ1n) is 6.28. The first kappa shape index (κ1) is 13.4.